The van der Waals surface area contributed by atoms with E-state index in [0.717, 1.165) is 18.0 Å². The number of nitrogens with one attached hydrogen (secondary N) is 1. The summed E-state index contributed by atoms with van der Waals surface area (Å²) in [7, 11) is 0. The fraction of sp³-hybridized carbons (Fsp3) is 0.538. The van der Waals surface area contributed by atoms with E-state index in [0.29, 0.717) is 12.4 Å². The number of fused-ring (bicyclic) bond motifs is 1. The van der Waals surface area contributed by atoms with Gasteiger partial charge in [-0.3, -0.25) is 0 Å². The smallest absolute Gasteiger partial charge is 0.128 e. The third-order valence-corrected chi connectivity index (χ3v) is 3.65. The van der Waals surface area contributed by atoms with Crippen molar-refractivity contribution in [2.75, 3.05) is 19.8 Å². The fourth-order valence-electron chi connectivity index (χ4n) is 2.30. The van der Waals surface area contributed by atoms with E-state index in [1.165, 1.54) is 12.8 Å². The van der Waals surface area contributed by atoms with Crippen LogP contribution in [0.1, 0.15) is 18.4 Å². The third kappa shape index (κ3) is 1.87. The molecule has 1 aromatic carbocycles. The van der Waals surface area contributed by atoms with Crippen LogP contribution in [0.5, 0.6) is 11.5 Å². The van der Waals surface area contributed by atoms with Crippen LogP contribution in [0.15, 0.2) is 18.2 Å². The number of phenolic OH excluding ortho intramolecular Hbond substituents is 1. The van der Waals surface area contributed by atoms with Crippen LogP contribution in [0, 0.1) is 5.92 Å². The summed E-state index contributed by atoms with van der Waals surface area (Å²) in [6.07, 6.45) is 2.55. The van der Waals surface area contributed by atoms with Crippen molar-refractivity contribution in [3.05, 3.63) is 23.8 Å². The molecule has 3 rings (SSSR count). The molecule has 3 N–H and O–H groups in total. The highest BCUT2D eigenvalue weighted by Gasteiger charge is 2.41. The summed E-state index contributed by atoms with van der Waals surface area (Å²) in [6, 6.07) is 5.07. The number of phenols is 1. The van der Waals surface area contributed by atoms with Crippen molar-refractivity contribution in [1.82, 2.24) is 5.32 Å². The van der Waals surface area contributed by atoms with Gasteiger partial charge in [0, 0.05) is 11.6 Å². The van der Waals surface area contributed by atoms with E-state index >= 15 is 0 Å². The summed E-state index contributed by atoms with van der Waals surface area (Å²) in [5, 5.41) is 22.5. The summed E-state index contributed by atoms with van der Waals surface area (Å²) in [6.45, 7) is 1.36. The van der Waals surface area contributed by atoms with E-state index < -0.39 is 5.54 Å². The largest absolute Gasteiger partial charge is 0.508 e. The zero-order valence-electron chi connectivity index (χ0n) is 9.65. The SMILES string of the molecule is OCC1(NCC2CC2)COc2cc(O)ccc21. The van der Waals surface area contributed by atoms with Gasteiger partial charge in [-0.25, -0.2) is 0 Å². The lowest BCUT2D eigenvalue weighted by Gasteiger charge is -2.27. The lowest BCUT2D eigenvalue weighted by Crippen LogP contribution is -2.48. The van der Waals surface area contributed by atoms with Crippen molar-refractivity contribution < 1.29 is 14.9 Å². The van der Waals surface area contributed by atoms with Gasteiger partial charge < -0.3 is 20.3 Å². The number of aliphatic hydroxyl groups is 1. The topological polar surface area (TPSA) is 61.7 Å². The van der Waals surface area contributed by atoms with E-state index in [-0.39, 0.29) is 12.4 Å². The molecule has 4 nitrogen and oxygen atoms in total. The van der Waals surface area contributed by atoms with Crippen molar-refractivity contribution in [3.63, 3.8) is 0 Å². The van der Waals surface area contributed by atoms with Gasteiger partial charge >= 0.3 is 0 Å². The van der Waals surface area contributed by atoms with Gasteiger partial charge in [0.05, 0.1) is 6.61 Å². The normalized spacial score (nSPS) is 26.6. The molecule has 1 unspecified atom stereocenters. The zero-order chi connectivity index (χ0) is 11.9. The Balaban J connectivity index is 1.86. The van der Waals surface area contributed by atoms with Gasteiger partial charge in [0.25, 0.3) is 0 Å². The molecule has 0 amide bonds. The van der Waals surface area contributed by atoms with Crippen LogP contribution < -0.4 is 10.1 Å². The first-order valence-electron chi connectivity index (χ1n) is 6.06. The number of hydrogen-bond acceptors (Lipinski definition) is 4. The summed E-state index contributed by atoms with van der Waals surface area (Å²) in [5.74, 6) is 1.61. The Morgan fingerprint density at radius 3 is 2.94 bits per heavy atom. The van der Waals surface area contributed by atoms with Crippen LogP contribution in [0.2, 0.25) is 0 Å². The monoisotopic (exact) mass is 235 g/mol. The van der Waals surface area contributed by atoms with Crippen molar-refractivity contribution in [3.8, 4) is 11.5 Å². The molecule has 1 aromatic rings. The van der Waals surface area contributed by atoms with Gasteiger partial charge in [0.2, 0.25) is 0 Å². The molecule has 0 spiro atoms. The van der Waals surface area contributed by atoms with Gasteiger partial charge in [-0.1, -0.05) is 0 Å². The standard InChI is InChI=1S/C13H17NO3/c15-7-13(14-6-9-1-2-9)8-17-12-5-10(16)3-4-11(12)13/h3-5,9,14-16H,1-2,6-8H2. The minimum Gasteiger partial charge on any atom is -0.508 e. The van der Waals surface area contributed by atoms with Crippen LogP contribution in [0.3, 0.4) is 0 Å². The van der Waals surface area contributed by atoms with E-state index in [2.05, 4.69) is 5.32 Å². The molecule has 1 atom stereocenters. The molecule has 0 bridgehead atoms. The third-order valence-electron chi connectivity index (χ3n) is 3.65. The van der Waals surface area contributed by atoms with Crippen LogP contribution in [0.4, 0.5) is 0 Å². The quantitative estimate of drug-likeness (QED) is 0.728. The number of ether oxygens (including phenoxy) is 1. The average Bonchev–Trinajstić information content (AvgIpc) is 3.10. The van der Waals surface area contributed by atoms with Gasteiger partial charge in [0.15, 0.2) is 0 Å². The second-order valence-corrected chi connectivity index (χ2v) is 5.03. The Morgan fingerprint density at radius 1 is 1.41 bits per heavy atom. The Morgan fingerprint density at radius 2 is 2.24 bits per heavy atom. The number of aliphatic hydroxyl groups excluding tert-OH is 1. The van der Waals surface area contributed by atoms with Crippen molar-refractivity contribution in [1.29, 1.82) is 0 Å². The Labute approximate surface area is 100 Å². The van der Waals surface area contributed by atoms with Gasteiger partial charge in [-0.2, -0.15) is 0 Å². The Hall–Kier alpha value is -1.26. The highest BCUT2D eigenvalue weighted by atomic mass is 16.5. The van der Waals surface area contributed by atoms with E-state index in [4.69, 9.17) is 4.74 Å². The number of rotatable bonds is 4. The predicted molar refractivity (Wildman–Crippen MR) is 63.1 cm³/mol. The highest BCUT2D eigenvalue weighted by Crippen LogP contribution is 2.39. The van der Waals surface area contributed by atoms with E-state index in [1.807, 2.05) is 6.07 Å². The lowest BCUT2D eigenvalue weighted by molar-refractivity contribution is 0.128. The number of hydrogen-bond donors (Lipinski definition) is 3. The summed E-state index contributed by atoms with van der Waals surface area (Å²) < 4.78 is 5.56. The second-order valence-electron chi connectivity index (χ2n) is 5.03. The second kappa shape index (κ2) is 3.89. The first kappa shape index (κ1) is 10.9. The molecule has 17 heavy (non-hydrogen) atoms. The van der Waals surface area contributed by atoms with Gasteiger partial charge in [-0.05, 0) is 37.4 Å². The zero-order valence-corrected chi connectivity index (χ0v) is 9.65. The van der Waals surface area contributed by atoms with Gasteiger partial charge in [0.1, 0.15) is 23.6 Å². The molecule has 1 saturated carbocycles. The summed E-state index contributed by atoms with van der Waals surface area (Å²) in [4.78, 5) is 0. The van der Waals surface area contributed by atoms with Crippen LogP contribution in [0.25, 0.3) is 0 Å². The first-order valence-corrected chi connectivity index (χ1v) is 6.06. The minimum absolute atomic E-state index is 0.0114. The molecule has 0 saturated heterocycles. The van der Waals surface area contributed by atoms with Crippen molar-refractivity contribution in [2.24, 2.45) is 5.92 Å². The molecule has 1 aliphatic carbocycles. The number of aromatic hydroxyl groups is 1. The molecule has 0 radical (unpaired) electrons. The van der Waals surface area contributed by atoms with Gasteiger partial charge in [-0.15, -0.1) is 0 Å². The molecule has 1 fully saturated rings. The molecule has 2 aliphatic rings. The van der Waals surface area contributed by atoms with E-state index in [9.17, 15) is 10.2 Å². The number of benzene rings is 1. The summed E-state index contributed by atoms with van der Waals surface area (Å²) in [5.41, 5.74) is 0.449. The maximum absolute atomic E-state index is 9.66. The maximum atomic E-state index is 9.66. The molecule has 4 heteroatoms. The molecular weight excluding hydrogens is 218 g/mol. The van der Waals surface area contributed by atoms with Crippen LogP contribution in [-0.4, -0.2) is 30.0 Å². The Bertz CT molecular complexity index is 431. The average molecular weight is 235 g/mol. The molecule has 0 aromatic heterocycles. The molecule has 1 heterocycles. The van der Waals surface area contributed by atoms with Crippen LogP contribution >= 0.6 is 0 Å². The molecular formula is C13H17NO3. The highest BCUT2D eigenvalue weighted by molar-refractivity contribution is 5.47. The molecule has 1 aliphatic heterocycles. The lowest BCUT2D eigenvalue weighted by atomic mass is 9.92. The van der Waals surface area contributed by atoms with E-state index in [1.54, 1.807) is 12.1 Å². The minimum atomic E-state index is -0.494. The predicted octanol–water partition coefficient (Wildman–Crippen LogP) is 0.972. The first-order chi connectivity index (χ1) is 8.23. The van der Waals surface area contributed by atoms with Crippen molar-refractivity contribution in [2.45, 2.75) is 18.4 Å². The maximum Gasteiger partial charge on any atom is 0.128 e. The summed E-state index contributed by atoms with van der Waals surface area (Å²) >= 11 is 0. The van der Waals surface area contributed by atoms with Crippen molar-refractivity contribution >= 4 is 0 Å². The Kier molecular flexibility index (Phi) is 2.49. The van der Waals surface area contributed by atoms with Crippen LogP contribution in [-0.2, 0) is 5.54 Å². The fourth-order valence-corrected chi connectivity index (χ4v) is 2.30. The molecule has 92 valence electrons.